The average Bonchev–Trinajstić information content (AvgIpc) is 2.17. The van der Waals surface area contributed by atoms with E-state index in [1.807, 2.05) is 12.1 Å². The van der Waals surface area contributed by atoms with Gasteiger partial charge in [0.1, 0.15) is 0 Å². The van der Waals surface area contributed by atoms with Gasteiger partial charge in [-0.2, -0.15) is 0 Å². The van der Waals surface area contributed by atoms with Crippen molar-refractivity contribution in [1.29, 1.82) is 0 Å². The average molecular weight is 334 g/mol. The van der Waals surface area contributed by atoms with Gasteiger partial charge >= 0.3 is 136 Å². The van der Waals surface area contributed by atoms with Gasteiger partial charge in [-0.25, -0.2) is 0 Å². The van der Waals surface area contributed by atoms with E-state index in [1.54, 1.807) is 6.33 Å². The molecular weight excluding hydrogens is 329 g/mol. The Hall–Kier alpha value is 1.56. The zero-order chi connectivity index (χ0) is 9.26. The van der Waals surface area contributed by atoms with Crippen LogP contribution in [0.4, 0.5) is 0 Å². The maximum atomic E-state index is 4.30. The zero-order valence-electron chi connectivity index (χ0n) is 8.99. The van der Waals surface area contributed by atoms with Crippen LogP contribution in [0.15, 0.2) is 29.0 Å². The van der Waals surface area contributed by atoms with Crippen LogP contribution >= 0.6 is 15.9 Å². The van der Waals surface area contributed by atoms with Gasteiger partial charge in [0.15, 0.2) is 0 Å². The van der Waals surface area contributed by atoms with E-state index in [2.05, 4.69) is 32.0 Å². The molecule has 0 aliphatic heterocycles. The predicted molar refractivity (Wildman–Crippen MR) is 59.5 cm³/mol. The van der Waals surface area contributed by atoms with Crippen molar-refractivity contribution in [1.82, 2.24) is 9.97 Å². The summed E-state index contributed by atoms with van der Waals surface area (Å²) in [6.07, 6.45) is 1.66. The molecule has 0 saturated carbocycles. The zero-order valence-corrected chi connectivity index (χ0v) is 15.3. The van der Waals surface area contributed by atoms with Gasteiger partial charge in [-0.05, 0) is 0 Å². The van der Waals surface area contributed by atoms with Gasteiger partial charge in [0.05, 0.1) is 0 Å². The van der Waals surface area contributed by atoms with Crippen molar-refractivity contribution in [3.8, 4) is 0 Å². The molecule has 0 aliphatic rings. The molecule has 0 N–H and O–H groups in total. The summed E-state index contributed by atoms with van der Waals surface area (Å²) in [4.78, 5) is 8.52. The SMILES string of the molecule is [H-].[Na+].[Na][Se]c1ncnc2ccc(Br)cc12. The van der Waals surface area contributed by atoms with Crippen LogP contribution in [0.5, 0.6) is 0 Å². The van der Waals surface area contributed by atoms with Crippen molar-refractivity contribution in [3.63, 3.8) is 0 Å². The molecule has 0 radical (unpaired) electrons. The molecule has 0 atom stereocenters. The van der Waals surface area contributed by atoms with Crippen LogP contribution in [0.2, 0.25) is 0 Å². The van der Waals surface area contributed by atoms with Crippen molar-refractivity contribution in [2.75, 3.05) is 0 Å². The van der Waals surface area contributed by atoms with E-state index < -0.39 is 0 Å². The first-order valence-electron chi connectivity index (χ1n) is 3.75. The van der Waals surface area contributed by atoms with E-state index >= 15 is 0 Å². The Morgan fingerprint density at radius 2 is 2.14 bits per heavy atom. The second-order valence-corrected chi connectivity index (χ2v) is 7.25. The Labute approximate surface area is 135 Å². The van der Waals surface area contributed by atoms with Gasteiger partial charge in [0.2, 0.25) is 0 Å². The normalized spacial score (nSPS) is 9.93. The Balaban J connectivity index is 0.000000980. The fraction of sp³-hybridized carbons (Fsp3) is 0. The summed E-state index contributed by atoms with van der Waals surface area (Å²) in [5.74, 6) is 0. The number of benzene rings is 1. The molecule has 0 unspecified atom stereocenters. The summed E-state index contributed by atoms with van der Waals surface area (Å²) in [5.41, 5.74) is 1.05. The van der Waals surface area contributed by atoms with E-state index in [0.717, 1.165) is 9.99 Å². The molecule has 0 saturated heterocycles. The monoisotopic (exact) mass is 334 g/mol. The quantitative estimate of drug-likeness (QED) is 0.560. The summed E-state index contributed by atoms with van der Waals surface area (Å²) in [6, 6.07) is 6.14. The van der Waals surface area contributed by atoms with Crippen LogP contribution < -0.4 is 34.1 Å². The maximum absolute atomic E-state index is 4.30. The molecule has 0 fully saturated rings. The molecule has 62 valence electrons. The van der Waals surface area contributed by atoms with Crippen LogP contribution in [-0.2, 0) is 0 Å². The molecule has 0 aliphatic carbocycles. The Morgan fingerprint density at radius 1 is 1.36 bits per heavy atom. The molecule has 0 amide bonds. The molecule has 2 aromatic rings. The van der Waals surface area contributed by atoms with Crippen molar-refractivity contribution < 1.29 is 31.0 Å². The molecular formula is C8H5BrN2Na2Se. The number of rotatable bonds is 1. The van der Waals surface area contributed by atoms with Crippen molar-refractivity contribution >= 4 is 67.3 Å². The van der Waals surface area contributed by atoms with E-state index in [-0.39, 0.29) is 31.0 Å². The summed E-state index contributed by atoms with van der Waals surface area (Å²) in [7, 11) is 0.558. The molecule has 2 nitrogen and oxygen atoms in total. The van der Waals surface area contributed by atoms with Crippen LogP contribution in [0.3, 0.4) is 0 Å². The van der Waals surface area contributed by atoms with Crippen molar-refractivity contribution in [2.45, 2.75) is 0 Å². The van der Waals surface area contributed by atoms with Gasteiger partial charge in [0, 0.05) is 0 Å². The van der Waals surface area contributed by atoms with Gasteiger partial charge < -0.3 is 1.43 Å². The topological polar surface area (TPSA) is 25.8 Å². The van der Waals surface area contributed by atoms with Crippen LogP contribution in [-0.4, -0.2) is 45.9 Å². The third-order valence-corrected chi connectivity index (χ3v) is 5.75. The summed E-state index contributed by atoms with van der Waals surface area (Å²) in [5, 5.41) is 1.20. The molecule has 1 heterocycles. The standard InChI is InChI=1S/C8H5BrN2Se.2Na.H/c9-5-1-2-7-6(3-5)8(12)11-4-10-7;;;/h1-4H,(H,10,11,12);;;/q;2*+1;-1/p-1. The molecule has 1 aromatic carbocycles. The molecule has 0 spiro atoms. The Morgan fingerprint density at radius 3 is 2.86 bits per heavy atom. The number of aromatic nitrogens is 2. The summed E-state index contributed by atoms with van der Waals surface area (Å²) >= 11 is 4.66. The molecule has 14 heavy (non-hydrogen) atoms. The van der Waals surface area contributed by atoms with Gasteiger partial charge in [-0.1, -0.05) is 0 Å². The van der Waals surface area contributed by atoms with Gasteiger partial charge in [-0.15, -0.1) is 0 Å². The summed E-state index contributed by atoms with van der Waals surface area (Å²) in [6.45, 7) is 0. The first kappa shape index (κ1) is 13.6. The van der Waals surface area contributed by atoms with Crippen LogP contribution in [0.1, 0.15) is 1.43 Å². The predicted octanol–water partition coefficient (Wildman–Crippen LogP) is -2.08. The van der Waals surface area contributed by atoms with Crippen LogP contribution in [0.25, 0.3) is 10.9 Å². The van der Waals surface area contributed by atoms with Gasteiger partial charge in [-0.3, -0.25) is 0 Å². The van der Waals surface area contributed by atoms with Gasteiger partial charge in [0.25, 0.3) is 0 Å². The fourth-order valence-electron chi connectivity index (χ4n) is 1.17. The summed E-state index contributed by atoms with van der Waals surface area (Å²) < 4.78 is 2.33. The van der Waals surface area contributed by atoms with E-state index in [9.17, 15) is 0 Å². The first-order chi connectivity index (χ1) is 6.31. The minimum atomic E-state index is 0. The van der Waals surface area contributed by atoms with Crippen molar-refractivity contribution in [3.05, 3.63) is 29.0 Å². The third kappa shape index (κ3) is 3.03. The number of halogens is 1. The van der Waals surface area contributed by atoms with E-state index in [4.69, 9.17) is 0 Å². The molecule has 6 heteroatoms. The van der Waals surface area contributed by atoms with E-state index in [0.29, 0.717) is 10.5 Å². The van der Waals surface area contributed by atoms with Crippen LogP contribution in [0, 0.1) is 0 Å². The molecule has 0 bridgehead atoms. The second kappa shape index (κ2) is 6.33. The number of hydrogen-bond donors (Lipinski definition) is 0. The Kier molecular flexibility index (Phi) is 6.16. The molecule has 1 aromatic heterocycles. The second-order valence-electron chi connectivity index (χ2n) is 2.54. The van der Waals surface area contributed by atoms with E-state index in [1.165, 1.54) is 35.4 Å². The first-order valence-corrected chi connectivity index (χ1v) is 11.4. The third-order valence-electron chi connectivity index (χ3n) is 1.75. The van der Waals surface area contributed by atoms with Crippen molar-refractivity contribution in [2.24, 2.45) is 0 Å². The number of nitrogens with zero attached hydrogens (tertiary/aromatic N) is 2. The fourth-order valence-corrected chi connectivity index (χ4v) is 4.34. The minimum absolute atomic E-state index is 0. The molecule has 2 rings (SSSR count). The Bertz CT molecular complexity index is 458. The number of fused-ring (bicyclic) bond motifs is 1. The number of hydrogen-bond acceptors (Lipinski definition) is 2.